The molecule has 0 spiro atoms. The third kappa shape index (κ3) is 3.42. The Hall–Kier alpha value is -2.62. The van der Waals surface area contributed by atoms with E-state index in [4.69, 9.17) is 5.11 Å². The minimum absolute atomic E-state index is 0.0961. The number of benzene rings is 2. The van der Waals surface area contributed by atoms with E-state index in [9.17, 15) is 9.59 Å². The molecule has 1 atom stereocenters. The summed E-state index contributed by atoms with van der Waals surface area (Å²) in [6.45, 7) is 0.0526. The van der Waals surface area contributed by atoms with E-state index in [1.165, 1.54) is 10.5 Å². The molecule has 0 fully saturated rings. The second-order valence-corrected chi connectivity index (χ2v) is 5.86. The van der Waals surface area contributed by atoms with Gasteiger partial charge in [0.25, 0.3) is 0 Å². The zero-order chi connectivity index (χ0) is 16.2. The van der Waals surface area contributed by atoms with Crippen molar-refractivity contribution in [3.63, 3.8) is 0 Å². The maximum Gasteiger partial charge on any atom is 0.323 e. The number of hydrogen-bond acceptors (Lipinski definition) is 2. The van der Waals surface area contributed by atoms with Crippen LogP contribution in [0.3, 0.4) is 0 Å². The van der Waals surface area contributed by atoms with Gasteiger partial charge in [0.2, 0.25) is 5.91 Å². The maximum absolute atomic E-state index is 12.9. The van der Waals surface area contributed by atoms with Gasteiger partial charge in [0.1, 0.15) is 6.54 Å². The quantitative estimate of drug-likeness (QED) is 0.924. The molecule has 1 aliphatic carbocycles. The molecule has 2 aromatic rings. The molecule has 1 amide bonds. The van der Waals surface area contributed by atoms with Crippen LogP contribution in [0.5, 0.6) is 0 Å². The molecule has 0 aliphatic heterocycles. The molecule has 3 rings (SSSR count). The number of fused-ring (bicyclic) bond motifs is 1. The predicted octanol–water partition coefficient (Wildman–Crippen LogP) is 2.83. The summed E-state index contributed by atoms with van der Waals surface area (Å²) < 4.78 is 0. The molecular formula is C19H19NO3. The van der Waals surface area contributed by atoms with E-state index >= 15 is 0 Å². The van der Waals surface area contributed by atoms with Crippen LogP contribution in [0.15, 0.2) is 54.6 Å². The summed E-state index contributed by atoms with van der Waals surface area (Å²) in [5.41, 5.74) is 3.18. The van der Waals surface area contributed by atoms with Crippen molar-refractivity contribution in [3.8, 4) is 0 Å². The molecule has 1 N–H and O–H groups in total. The number of aryl methyl sites for hydroxylation is 1. The number of hydrogen-bond donors (Lipinski definition) is 1. The van der Waals surface area contributed by atoms with Gasteiger partial charge in [0.15, 0.2) is 0 Å². The third-order valence-corrected chi connectivity index (χ3v) is 4.29. The highest BCUT2D eigenvalue weighted by Gasteiger charge is 2.32. The van der Waals surface area contributed by atoms with Crippen LogP contribution in [0.25, 0.3) is 0 Å². The third-order valence-electron chi connectivity index (χ3n) is 4.29. The average molecular weight is 309 g/mol. The number of carboxylic acid groups (broad SMARTS) is 1. The van der Waals surface area contributed by atoms with E-state index in [0.29, 0.717) is 6.54 Å². The molecule has 0 radical (unpaired) electrons. The second kappa shape index (κ2) is 6.65. The number of carbonyl (C=O) groups excluding carboxylic acids is 1. The largest absolute Gasteiger partial charge is 0.480 e. The molecule has 0 bridgehead atoms. The Bertz CT molecular complexity index is 712. The minimum atomic E-state index is -0.986. The fraction of sp³-hybridized carbons (Fsp3) is 0.263. The number of nitrogens with zero attached hydrogens (tertiary/aromatic N) is 1. The number of carbonyl (C=O) groups is 2. The smallest absolute Gasteiger partial charge is 0.323 e. The van der Waals surface area contributed by atoms with Gasteiger partial charge in [-0.1, -0.05) is 54.6 Å². The highest BCUT2D eigenvalue weighted by atomic mass is 16.4. The average Bonchev–Trinajstić information content (AvgIpc) is 2.98. The van der Waals surface area contributed by atoms with Gasteiger partial charge in [0.05, 0.1) is 5.92 Å². The van der Waals surface area contributed by atoms with Crippen LogP contribution in [0, 0.1) is 0 Å². The lowest BCUT2D eigenvalue weighted by Crippen LogP contribution is -2.38. The van der Waals surface area contributed by atoms with Crippen molar-refractivity contribution in [1.82, 2.24) is 4.90 Å². The van der Waals surface area contributed by atoms with Crippen LogP contribution in [0.1, 0.15) is 29.0 Å². The van der Waals surface area contributed by atoms with E-state index in [0.717, 1.165) is 24.0 Å². The number of aliphatic carboxylic acids is 1. The Kier molecular flexibility index (Phi) is 4.42. The second-order valence-electron chi connectivity index (χ2n) is 5.86. The summed E-state index contributed by atoms with van der Waals surface area (Å²) in [5, 5.41) is 9.15. The number of rotatable bonds is 5. The highest BCUT2D eigenvalue weighted by molar-refractivity contribution is 5.87. The predicted molar refractivity (Wildman–Crippen MR) is 87.0 cm³/mol. The van der Waals surface area contributed by atoms with E-state index in [1.54, 1.807) is 0 Å². The summed E-state index contributed by atoms with van der Waals surface area (Å²) >= 11 is 0. The molecule has 1 unspecified atom stereocenters. The van der Waals surface area contributed by atoms with Crippen LogP contribution < -0.4 is 0 Å². The maximum atomic E-state index is 12.9. The van der Waals surface area contributed by atoms with Crippen LogP contribution in [0.2, 0.25) is 0 Å². The Balaban J connectivity index is 1.82. The van der Waals surface area contributed by atoms with Crippen molar-refractivity contribution >= 4 is 11.9 Å². The van der Waals surface area contributed by atoms with Gasteiger partial charge >= 0.3 is 5.97 Å². The molecule has 118 valence electrons. The topological polar surface area (TPSA) is 57.6 Å². The molecule has 23 heavy (non-hydrogen) atoms. The number of amides is 1. The SMILES string of the molecule is O=C(O)CN(Cc1ccccc1)C(=O)C1CCc2ccccc21. The number of carboxylic acids is 1. The van der Waals surface area contributed by atoms with Crippen molar-refractivity contribution in [1.29, 1.82) is 0 Å². The molecule has 4 heteroatoms. The Morgan fingerprint density at radius 1 is 1.04 bits per heavy atom. The zero-order valence-electron chi connectivity index (χ0n) is 12.8. The van der Waals surface area contributed by atoms with Gasteiger partial charge in [-0.2, -0.15) is 0 Å². The first-order chi connectivity index (χ1) is 11.1. The van der Waals surface area contributed by atoms with Crippen molar-refractivity contribution < 1.29 is 14.7 Å². The first kappa shape index (κ1) is 15.3. The normalized spacial score (nSPS) is 15.9. The first-order valence-electron chi connectivity index (χ1n) is 7.77. The molecule has 0 saturated heterocycles. The van der Waals surface area contributed by atoms with Gasteiger partial charge in [-0.25, -0.2) is 0 Å². The highest BCUT2D eigenvalue weighted by Crippen LogP contribution is 2.34. The molecule has 0 aromatic heterocycles. The van der Waals surface area contributed by atoms with E-state index in [1.807, 2.05) is 54.6 Å². The summed E-state index contributed by atoms with van der Waals surface area (Å²) in [7, 11) is 0. The summed E-state index contributed by atoms with van der Waals surface area (Å²) in [6, 6.07) is 17.4. The van der Waals surface area contributed by atoms with Crippen molar-refractivity contribution in [2.45, 2.75) is 25.3 Å². The van der Waals surface area contributed by atoms with Crippen LogP contribution >= 0.6 is 0 Å². The van der Waals surface area contributed by atoms with Crippen LogP contribution in [0.4, 0.5) is 0 Å². The zero-order valence-corrected chi connectivity index (χ0v) is 12.8. The van der Waals surface area contributed by atoms with Crippen molar-refractivity contribution in [2.75, 3.05) is 6.54 Å². The van der Waals surface area contributed by atoms with Crippen molar-refractivity contribution in [2.24, 2.45) is 0 Å². The van der Waals surface area contributed by atoms with E-state index < -0.39 is 5.97 Å². The van der Waals surface area contributed by atoms with Crippen molar-refractivity contribution in [3.05, 3.63) is 71.3 Å². The molecule has 0 saturated carbocycles. The molecular weight excluding hydrogens is 290 g/mol. The molecule has 0 heterocycles. The van der Waals surface area contributed by atoms with E-state index in [2.05, 4.69) is 0 Å². The van der Waals surface area contributed by atoms with Gasteiger partial charge in [-0.3, -0.25) is 9.59 Å². The lowest BCUT2D eigenvalue weighted by molar-refractivity contribution is -0.145. The fourth-order valence-corrected chi connectivity index (χ4v) is 3.21. The minimum Gasteiger partial charge on any atom is -0.480 e. The molecule has 1 aliphatic rings. The lowest BCUT2D eigenvalue weighted by Gasteiger charge is -2.24. The summed E-state index contributed by atoms with van der Waals surface area (Å²) in [4.78, 5) is 25.5. The van der Waals surface area contributed by atoms with Gasteiger partial charge in [-0.05, 0) is 29.5 Å². The molecule has 2 aromatic carbocycles. The van der Waals surface area contributed by atoms with Gasteiger partial charge < -0.3 is 10.0 Å². The van der Waals surface area contributed by atoms with Crippen LogP contribution in [-0.2, 0) is 22.6 Å². The Morgan fingerprint density at radius 3 is 2.48 bits per heavy atom. The standard InChI is InChI=1S/C19H19NO3/c21-18(22)13-20(12-14-6-2-1-3-7-14)19(23)17-11-10-15-8-4-5-9-16(15)17/h1-9,17H,10-13H2,(H,21,22). The van der Waals surface area contributed by atoms with Gasteiger partial charge in [0, 0.05) is 6.54 Å². The fourth-order valence-electron chi connectivity index (χ4n) is 3.21. The Morgan fingerprint density at radius 2 is 1.74 bits per heavy atom. The summed E-state index contributed by atoms with van der Waals surface area (Å²) in [5.74, 6) is -1.31. The van der Waals surface area contributed by atoms with Gasteiger partial charge in [-0.15, -0.1) is 0 Å². The Labute approximate surface area is 135 Å². The monoisotopic (exact) mass is 309 g/mol. The van der Waals surface area contributed by atoms with Crippen LogP contribution in [-0.4, -0.2) is 28.4 Å². The molecule has 4 nitrogen and oxygen atoms in total. The van der Waals surface area contributed by atoms with E-state index in [-0.39, 0.29) is 18.4 Å². The lowest BCUT2D eigenvalue weighted by atomic mass is 9.99. The first-order valence-corrected chi connectivity index (χ1v) is 7.77. The summed E-state index contributed by atoms with van der Waals surface area (Å²) in [6.07, 6.45) is 1.63.